The monoisotopic (exact) mass is 256 g/mol. The largest absolute Gasteiger partial charge is 0.330 e. The first-order valence-electron chi connectivity index (χ1n) is 5.85. The lowest BCUT2D eigenvalue weighted by atomic mass is 10.2. The van der Waals surface area contributed by atoms with E-state index < -0.39 is 10.0 Å². The summed E-state index contributed by atoms with van der Waals surface area (Å²) in [6.07, 6.45) is 2.75. The van der Waals surface area contributed by atoms with Crippen molar-refractivity contribution in [3.05, 3.63) is 35.9 Å². The van der Waals surface area contributed by atoms with E-state index in [1.807, 2.05) is 30.3 Å². The molecule has 0 aromatic heterocycles. The second-order valence-electron chi connectivity index (χ2n) is 3.99. The molecule has 1 aromatic rings. The zero-order valence-electron chi connectivity index (χ0n) is 9.93. The number of nitrogens with two attached hydrogens (primary N) is 1. The third-order valence-corrected chi connectivity index (χ3v) is 3.76. The molecular formula is C12H20N2O2S. The van der Waals surface area contributed by atoms with Gasteiger partial charge in [0.05, 0.1) is 5.75 Å². The molecule has 0 saturated heterocycles. The molecule has 0 fully saturated rings. The first-order valence-corrected chi connectivity index (χ1v) is 7.50. The van der Waals surface area contributed by atoms with Crippen LogP contribution in [-0.4, -0.2) is 21.5 Å². The van der Waals surface area contributed by atoms with Crippen molar-refractivity contribution in [3.8, 4) is 0 Å². The Morgan fingerprint density at radius 1 is 1.06 bits per heavy atom. The van der Waals surface area contributed by atoms with Gasteiger partial charge < -0.3 is 5.73 Å². The van der Waals surface area contributed by atoms with E-state index in [0.717, 1.165) is 24.8 Å². The van der Waals surface area contributed by atoms with Crippen LogP contribution in [0.2, 0.25) is 0 Å². The highest BCUT2D eigenvalue weighted by Gasteiger charge is 2.09. The smallest absolute Gasteiger partial charge is 0.215 e. The Hall–Kier alpha value is -0.910. The van der Waals surface area contributed by atoms with Crippen molar-refractivity contribution >= 4 is 10.0 Å². The molecule has 0 aliphatic heterocycles. The van der Waals surface area contributed by atoms with Crippen molar-refractivity contribution < 1.29 is 8.42 Å². The topological polar surface area (TPSA) is 72.2 Å². The zero-order chi connectivity index (χ0) is 12.6. The third-order valence-electron chi connectivity index (χ3n) is 2.40. The highest BCUT2D eigenvalue weighted by molar-refractivity contribution is 7.88. The van der Waals surface area contributed by atoms with Gasteiger partial charge in [-0.15, -0.1) is 0 Å². The van der Waals surface area contributed by atoms with Crippen LogP contribution in [0.4, 0.5) is 0 Å². The second kappa shape index (κ2) is 7.42. The van der Waals surface area contributed by atoms with Gasteiger partial charge in [-0.25, -0.2) is 13.1 Å². The summed E-state index contributed by atoms with van der Waals surface area (Å²) < 4.78 is 26.0. The molecule has 17 heavy (non-hydrogen) atoms. The minimum Gasteiger partial charge on any atom is -0.330 e. The predicted molar refractivity (Wildman–Crippen MR) is 70.0 cm³/mol. The maximum Gasteiger partial charge on any atom is 0.215 e. The molecule has 0 saturated carbocycles. The van der Waals surface area contributed by atoms with E-state index in [1.165, 1.54) is 0 Å². The Balaban J connectivity index is 2.32. The van der Waals surface area contributed by atoms with Crippen LogP contribution >= 0.6 is 0 Å². The van der Waals surface area contributed by atoms with Crippen LogP contribution in [0.1, 0.15) is 24.8 Å². The van der Waals surface area contributed by atoms with Crippen molar-refractivity contribution in [1.82, 2.24) is 4.72 Å². The van der Waals surface area contributed by atoms with Gasteiger partial charge in [0.1, 0.15) is 0 Å². The molecule has 4 nitrogen and oxygen atoms in total. The molecular weight excluding hydrogens is 236 g/mol. The summed E-state index contributed by atoms with van der Waals surface area (Å²) in [5.41, 5.74) is 6.17. The molecule has 0 heterocycles. The van der Waals surface area contributed by atoms with E-state index in [-0.39, 0.29) is 5.75 Å². The normalized spacial score (nSPS) is 11.6. The summed E-state index contributed by atoms with van der Waals surface area (Å²) in [7, 11) is -3.20. The molecule has 0 unspecified atom stereocenters. The molecule has 3 N–H and O–H groups in total. The van der Waals surface area contributed by atoms with Crippen LogP contribution < -0.4 is 10.5 Å². The lowest BCUT2D eigenvalue weighted by Crippen LogP contribution is -2.26. The minimum atomic E-state index is -3.20. The third kappa shape index (κ3) is 6.41. The van der Waals surface area contributed by atoms with E-state index in [2.05, 4.69) is 4.72 Å². The van der Waals surface area contributed by atoms with Crippen molar-refractivity contribution in [2.75, 3.05) is 13.1 Å². The van der Waals surface area contributed by atoms with Crippen molar-refractivity contribution in [3.63, 3.8) is 0 Å². The molecule has 0 aliphatic carbocycles. The van der Waals surface area contributed by atoms with Crippen LogP contribution in [0.5, 0.6) is 0 Å². The number of unbranched alkanes of at least 4 members (excludes halogenated alkanes) is 2. The number of nitrogens with one attached hydrogen (secondary N) is 1. The van der Waals surface area contributed by atoms with Crippen LogP contribution in [0.3, 0.4) is 0 Å². The van der Waals surface area contributed by atoms with Crippen molar-refractivity contribution in [2.24, 2.45) is 5.73 Å². The lowest BCUT2D eigenvalue weighted by Gasteiger charge is -2.06. The van der Waals surface area contributed by atoms with Gasteiger partial charge in [-0.3, -0.25) is 0 Å². The minimum absolute atomic E-state index is 0.0464. The number of sulfonamides is 1. The Labute approximate surface area is 103 Å². The summed E-state index contributed by atoms with van der Waals surface area (Å²) in [6, 6.07) is 9.18. The Bertz CT molecular complexity index is 404. The van der Waals surface area contributed by atoms with Gasteiger partial charge in [0.25, 0.3) is 0 Å². The fourth-order valence-corrected chi connectivity index (χ4v) is 2.71. The fourth-order valence-electron chi connectivity index (χ4n) is 1.52. The van der Waals surface area contributed by atoms with Gasteiger partial charge in [-0.2, -0.15) is 0 Å². The van der Waals surface area contributed by atoms with Gasteiger partial charge in [-0.05, 0) is 24.9 Å². The Morgan fingerprint density at radius 3 is 2.41 bits per heavy atom. The van der Waals surface area contributed by atoms with Gasteiger partial charge >= 0.3 is 0 Å². The maximum atomic E-state index is 11.7. The summed E-state index contributed by atoms with van der Waals surface area (Å²) in [5.74, 6) is 0.0464. The molecule has 0 atom stereocenters. The van der Waals surface area contributed by atoms with Crippen LogP contribution in [0.25, 0.3) is 0 Å². The summed E-state index contributed by atoms with van der Waals surface area (Å²) >= 11 is 0. The van der Waals surface area contributed by atoms with E-state index in [9.17, 15) is 8.42 Å². The number of hydrogen-bond donors (Lipinski definition) is 2. The molecule has 0 radical (unpaired) electrons. The Morgan fingerprint density at radius 2 is 1.76 bits per heavy atom. The standard InChI is InChI=1S/C12H20N2O2S/c13-9-5-2-6-10-14-17(15,16)11-12-7-3-1-4-8-12/h1,3-4,7-8,14H,2,5-6,9-11,13H2. The maximum absolute atomic E-state index is 11.7. The zero-order valence-corrected chi connectivity index (χ0v) is 10.7. The summed E-state index contributed by atoms with van der Waals surface area (Å²) in [6.45, 7) is 1.16. The molecule has 0 amide bonds. The average Bonchev–Trinajstić information content (AvgIpc) is 2.29. The number of hydrogen-bond acceptors (Lipinski definition) is 3. The van der Waals surface area contributed by atoms with E-state index in [0.29, 0.717) is 13.1 Å². The Kier molecular flexibility index (Phi) is 6.18. The molecule has 1 aromatic carbocycles. The molecule has 0 bridgehead atoms. The highest BCUT2D eigenvalue weighted by Crippen LogP contribution is 2.04. The first-order chi connectivity index (χ1) is 8.14. The van der Waals surface area contributed by atoms with E-state index >= 15 is 0 Å². The molecule has 1 rings (SSSR count). The number of benzene rings is 1. The second-order valence-corrected chi connectivity index (χ2v) is 5.80. The SMILES string of the molecule is NCCCCCNS(=O)(=O)Cc1ccccc1. The van der Waals surface area contributed by atoms with E-state index in [4.69, 9.17) is 5.73 Å². The molecule has 0 spiro atoms. The fraction of sp³-hybridized carbons (Fsp3) is 0.500. The number of rotatable bonds is 8. The molecule has 0 aliphatic rings. The quantitative estimate of drug-likeness (QED) is 0.687. The van der Waals surface area contributed by atoms with Crippen LogP contribution in [0.15, 0.2) is 30.3 Å². The molecule has 96 valence electrons. The van der Waals surface area contributed by atoms with Crippen molar-refractivity contribution in [2.45, 2.75) is 25.0 Å². The van der Waals surface area contributed by atoms with Crippen LogP contribution in [0, 0.1) is 0 Å². The van der Waals surface area contributed by atoms with Crippen LogP contribution in [-0.2, 0) is 15.8 Å². The first kappa shape index (κ1) is 14.2. The van der Waals surface area contributed by atoms with Gasteiger partial charge in [0.15, 0.2) is 0 Å². The van der Waals surface area contributed by atoms with Crippen molar-refractivity contribution in [1.29, 1.82) is 0 Å². The average molecular weight is 256 g/mol. The van der Waals surface area contributed by atoms with Gasteiger partial charge in [0, 0.05) is 6.54 Å². The van der Waals surface area contributed by atoms with Gasteiger partial charge in [0.2, 0.25) is 10.0 Å². The molecule has 5 heteroatoms. The summed E-state index contributed by atoms with van der Waals surface area (Å²) in [5, 5.41) is 0. The highest BCUT2D eigenvalue weighted by atomic mass is 32.2. The van der Waals surface area contributed by atoms with E-state index in [1.54, 1.807) is 0 Å². The van der Waals surface area contributed by atoms with Gasteiger partial charge in [-0.1, -0.05) is 36.8 Å². The predicted octanol–water partition coefficient (Wildman–Crippen LogP) is 1.24. The summed E-state index contributed by atoms with van der Waals surface area (Å²) in [4.78, 5) is 0. The lowest BCUT2D eigenvalue weighted by molar-refractivity contribution is 0.574.